The molecule has 2 atom stereocenters. The first-order valence-corrected chi connectivity index (χ1v) is 10.3. The first-order chi connectivity index (χ1) is 13.4. The number of nitrogens with one attached hydrogen (secondary N) is 3. The van der Waals surface area contributed by atoms with Crippen LogP contribution in [0.3, 0.4) is 0 Å². The predicted molar refractivity (Wildman–Crippen MR) is 112 cm³/mol. The highest BCUT2D eigenvalue weighted by Crippen LogP contribution is 2.32. The van der Waals surface area contributed by atoms with E-state index in [1.54, 1.807) is 7.05 Å². The summed E-state index contributed by atoms with van der Waals surface area (Å²) in [6.07, 6.45) is 3.57. The summed E-state index contributed by atoms with van der Waals surface area (Å²) in [5.41, 5.74) is 1.96. The van der Waals surface area contributed by atoms with E-state index < -0.39 is 6.04 Å². The van der Waals surface area contributed by atoms with Crippen LogP contribution in [-0.2, 0) is 4.79 Å². The second kappa shape index (κ2) is 8.77. The molecule has 0 radical (unpaired) electrons. The Hall–Kier alpha value is -2.35. The Morgan fingerprint density at radius 3 is 2.64 bits per heavy atom. The Morgan fingerprint density at radius 2 is 2.00 bits per heavy atom. The van der Waals surface area contributed by atoms with Crippen LogP contribution in [0.4, 0.5) is 4.79 Å². The van der Waals surface area contributed by atoms with E-state index in [2.05, 4.69) is 36.5 Å². The highest BCUT2D eigenvalue weighted by Gasteiger charge is 2.37. The van der Waals surface area contributed by atoms with Crippen LogP contribution < -0.4 is 10.6 Å². The minimum atomic E-state index is -0.568. The monoisotopic (exact) mass is 447 g/mol. The number of halogens is 1. The van der Waals surface area contributed by atoms with Crippen LogP contribution in [0.5, 0.6) is 0 Å². The van der Waals surface area contributed by atoms with Gasteiger partial charge >= 0.3 is 6.03 Å². The first kappa shape index (κ1) is 20.4. The molecule has 150 valence electrons. The molecule has 1 fully saturated rings. The number of likely N-dealkylation sites (tertiary alicyclic amines) is 1. The minimum absolute atomic E-state index is 0.0130. The second-order valence-corrected chi connectivity index (χ2v) is 8.24. The summed E-state index contributed by atoms with van der Waals surface area (Å²) in [4.78, 5) is 34.7. The molecule has 1 aromatic carbocycles. The molecule has 7 nitrogen and oxygen atoms in total. The van der Waals surface area contributed by atoms with E-state index in [-0.39, 0.29) is 23.9 Å². The number of carbonyl (C=O) groups is 2. The Morgan fingerprint density at radius 1 is 1.29 bits per heavy atom. The Balaban J connectivity index is 1.79. The summed E-state index contributed by atoms with van der Waals surface area (Å²) in [6.45, 7) is 4.53. The molecule has 3 rings (SSSR count). The van der Waals surface area contributed by atoms with Gasteiger partial charge in [-0.2, -0.15) is 0 Å². The first-order valence-electron chi connectivity index (χ1n) is 9.50. The van der Waals surface area contributed by atoms with Gasteiger partial charge in [-0.15, -0.1) is 0 Å². The molecule has 1 saturated heterocycles. The molecular formula is C20H26BrN5O2. The molecule has 1 unspecified atom stereocenters. The van der Waals surface area contributed by atoms with Gasteiger partial charge in [-0.1, -0.05) is 41.9 Å². The number of urea groups is 1. The summed E-state index contributed by atoms with van der Waals surface area (Å²) >= 11 is 3.44. The van der Waals surface area contributed by atoms with Crippen LogP contribution >= 0.6 is 15.9 Å². The lowest BCUT2D eigenvalue weighted by molar-refractivity contribution is -0.135. The van der Waals surface area contributed by atoms with E-state index in [1.807, 2.05) is 49.2 Å². The van der Waals surface area contributed by atoms with Crippen molar-refractivity contribution in [2.75, 3.05) is 13.6 Å². The van der Waals surface area contributed by atoms with E-state index in [0.717, 1.165) is 34.4 Å². The topological polar surface area (TPSA) is 90.1 Å². The third-order valence-corrected chi connectivity index (χ3v) is 5.58. The van der Waals surface area contributed by atoms with Crippen LogP contribution in [0.2, 0.25) is 0 Å². The molecule has 1 aliphatic rings. The Bertz CT molecular complexity index is 833. The molecule has 0 bridgehead atoms. The van der Waals surface area contributed by atoms with Gasteiger partial charge in [0.15, 0.2) is 0 Å². The van der Waals surface area contributed by atoms with Gasteiger partial charge in [0.1, 0.15) is 11.9 Å². The molecule has 3 amide bonds. The van der Waals surface area contributed by atoms with Crippen LogP contribution in [-0.4, -0.2) is 46.4 Å². The molecule has 1 aliphatic heterocycles. The van der Waals surface area contributed by atoms with Gasteiger partial charge in [0.25, 0.3) is 0 Å². The van der Waals surface area contributed by atoms with Crippen LogP contribution in [0, 0.1) is 5.92 Å². The predicted octanol–water partition coefficient (Wildman–Crippen LogP) is 3.46. The van der Waals surface area contributed by atoms with Gasteiger partial charge in [0.05, 0.1) is 17.9 Å². The number of rotatable bonds is 5. The molecule has 1 aromatic heterocycles. The number of aromatic nitrogens is 2. The highest BCUT2D eigenvalue weighted by molar-refractivity contribution is 9.10. The number of hydrogen-bond donors (Lipinski definition) is 3. The number of amides is 3. The third kappa shape index (κ3) is 4.38. The van der Waals surface area contributed by atoms with E-state index in [9.17, 15) is 9.59 Å². The van der Waals surface area contributed by atoms with Gasteiger partial charge in [-0.25, -0.2) is 9.78 Å². The summed E-state index contributed by atoms with van der Waals surface area (Å²) in [6, 6.07) is 6.98. The molecule has 28 heavy (non-hydrogen) atoms. The SMILES string of the molecule is CNC(=O)NC(C(=O)N1CCC[C@H]1c1ncc(-c2ccc(Br)cc2)[nH]1)C(C)C. The van der Waals surface area contributed by atoms with Gasteiger partial charge < -0.3 is 20.5 Å². The molecule has 2 aromatic rings. The zero-order chi connectivity index (χ0) is 20.3. The number of benzene rings is 1. The quantitative estimate of drug-likeness (QED) is 0.655. The summed E-state index contributed by atoms with van der Waals surface area (Å²) in [5.74, 6) is 0.704. The fraction of sp³-hybridized carbons (Fsp3) is 0.450. The van der Waals surface area contributed by atoms with Gasteiger partial charge in [-0.3, -0.25) is 4.79 Å². The number of hydrogen-bond acceptors (Lipinski definition) is 3. The molecule has 2 heterocycles. The van der Waals surface area contributed by atoms with E-state index in [0.29, 0.717) is 6.54 Å². The van der Waals surface area contributed by atoms with Crippen molar-refractivity contribution in [1.82, 2.24) is 25.5 Å². The average Bonchev–Trinajstić information content (AvgIpc) is 3.34. The van der Waals surface area contributed by atoms with Crippen LogP contribution in [0.15, 0.2) is 34.9 Å². The highest BCUT2D eigenvalue weighted by atomic mass is 79.9. The largest absolute Gasteiger partial charge is 0.341 e. The minimum Gasteiger partial charge on any atom is -0.341 e. The molecular weight excluding hydrogens is 422 g/mol. The van der Waals surface area contributed by atoms with Crippen molar-refractivity contribution in [3.8, 4) is 11.3 Å². The maximum Gasteiger partial charge on any atom is 0.315 e. The number of H-pyrrole nitrogens is 1. The fourth-order valence-corrected chi connectivity index (χ4v) is 3.77. The van der Waals surface area contributed by atoms with Crippen molar-refractivity contribution >= 4 is 27.9 Å². The van der Waals surface area contributed by atoms with E-state index in [1.165, 1.54) is 0 Å². The number of nitrogens with zero attached hydrogens (tertiary/aromatic N) is 2. The van der Waals surface area contributed by atoms with E-state index >= 15 is 0 Å². The smallest absolute Gasteiger partial charge is 0.315 e. The fourth-order valence-electron chi connectivity index (χ4n) is 3.50. The van der Waals surface area contributed by atoms with Gasteiger partial charge in [-0.05, 0) is 36.5 Å². The number of aromatic amines is 1. The maximum absolute atomic E-state index is 13.2. The van der Waals surface area contributed by atoms with E-state index in [4.69, 9.17) is 0 Å². The van der Waals surface area contributed by atoms with Crippen LogP contribution in [0.25, 0.3) is 11.3 Å². The lowest BCUT2D eigenvalue weighted by Crippen LogP contribution is -2.53. The summed E-state index contributed by atoms with van der Waals surface area (Å²) < 4.78 is 1.02. The van der Waals surface area contributed by atoms with Crippen molar-refractivity contribution in [2.24, 2.45) is 5.92 Å². The summed E-state index contributed by atoms with van der Waals surface area (Å²) in [5, 5.41) is 5.30. The Labute approximate surface area is 173 Å². The molecule has 8 heteroatoms. The molecule has 0 saturated carbocycles. The maximum atomic E-state index is 13.2. The lowest BCUT2D eigenvalue weighted by atomic mass is 10.0. The van der Waals surface area contributed by atoms with Gasteiger partial charge in [0.2, 0.25) is 5.91 Å². The Kier molecular flexibility index (Phi) is 6.39. The third-order valence-electron chi connectivity index (χ3n) is 5.05. The normalized spacial score (nSPS) is 17.6. The average molecular weight is 448 g/mol. The molecule has 3 N–H and O–H groups in total. The lowest BCUT2D eigenvalue weighted by Gasteiger charge is -2.30. The van der Waals surface area contributed by atoms with Crippen molar-refractivity contribution in [1.29, 1.82) is 0 Å². The summed E-state index contributed by atoms with van der Waals surface area (Å²) in [7, 11) is 1.54. The molecule has 0 aliphatic carbocycles. The number of imidazole rings is 1. The van der Waals surface area contributed by atoms with Crippen LogP contribution in [0.1, 0.15) is 38.6 Å². The van der Waals surface area contributed by atoms with Crippen molar-refractivity contribution < 1.29 is 9.59 Å². The number of carbonyl (C=O) groups excluding carboxylic acids is 2. The standard InChI is InChI=1S/C20H26BrN5O2/c1-12(2)17(25-20(28)22-3)19(27)26-10-4-5-16(26)18-23-11-15(24-18)13-6-8-14(21)9-7-13/h6-9,11-12,16-17H,4-5,10H2,1-3H3,(H,23,24)(H2,22,25,28)/t16-,17?/m0/s1. The van der Waals surface area contributed by atoms with Crippen molar-refractivity contribution in [3.63, 3.8) is 0 Å². The second-order valence-electron chi connectivity index (χ2n) is 7.32. The molecule has 0 spiro atoms. The van der Waals surface area contributed by atoms with Crippen molar-refractivity contribution in [2.45, 2.75) is 38.8 Å². The zero-order valence-electron chi connectivity index (χ0n) is 16.3. The zero-order valence-corrected chi connectivity index (χ0v) is 17.9. The van der Waals surface area contributed by atoms with Crippen molar-refractivity contribution in [3.05, 3.63) is 40.8 Å². The van der Waals surface area contributed by atoms with Gasteiger partial charge in [0, 0.05) is 18.1 Å².